The quantitative estimate of drug-likeness (QED) is 0.603. The summed E-state index contributed by atoms with van der Waals surface area (Å²) in [5, 5.41) is 11.6. The number of allylic oxidation sites excluding steroid dienone is 1. The first-order valence-electron chi connectivity index (χ1n) is 11.0. The molecular formula is C25H26N4O4. The van der Waals surface area contributed by atoms with E-state index < -0.39 is 0 Å². The Hall–Kier alpha value is -3.78. The van der Waals surface area contributed by atoms with Gasteiger partial charge in [0.25, 0.3) is 0 Å². The van der Waals surface area contributed by atoms with E-state index >= 15 is 0 Å². The number of H-pyrrole nitrogens is 1. The molecule has 0 spiro atoms. The van der Waals surface area contributed by atoms with E-state index in [4.69, 9.17) is 4.74 Å². The Balaban J connectivity index is 1.37. The molecule has 2 aliphatic heterocycles. The van der Waals surface area contributed by atoms with E-state index in [1.807, 2.05) is 35.4 Å². The number of phenolic OH excluding ortho intramolecular Hbond substituents is 1. The summed E-state index contributed by atoms with van der Waals surface area (Å²) in [5.74, 6) is 0.556. The average molecular weight is 447 g/mol. The number of piperazine rings is 1. The topological polar surface area (TPSA) is 89.1 Å². The van der Waals surface area contributed by atoms with E-state index in [1.54, 1.807) is 37.2 Å². The van der Waals surface area contributed by atoms with Gasteiger partial charge < -0.3 is 24.6 Å². The van der Waals surface area contributed by atoms with Crippen molar-refractivity contribution in [1.82, 2.24) is 19.7 Å². The lowest BCUT2D eigenvalue weighted by Crippen LogP contribution is -2.51. The summed E-state index contributed by atoms with van der Waals surface area (Å²) in [5.41, 5.74) is 2.90. The number of ketones is 1. The second-order valence-corrected chi connectivity index (χ2v) is 8.61. The fraction of sp³-hybridized carbons (Fsp3) is 0.280. The number of phenols is 1. The van der Waals surface area contributed by atoms with E-state index in [0.717, 1.165) is 16.5 Å². The van der Waals surface area contributed by atoms with Gasteiger partial charge in [0.05, 0.1) is 11.1 Å². The fourth-order valence-electron chi connectivity index (χ4n) is 4.41. The Morgan fingerprint density at radius 3 is 2.67 bits per heavy atom. The Bertz CT molecular complexity index is 1270. The van der Waals surface area contributed by atoms with E-state index in [2.05, 4.69) is 9.88 Å². The summed E-state index contributed by atoms with van der Waals surface area (Å²) in [4.78, 5) is 34.0. The maximum absolute atomic E-state index is 13.0. The van der Waals surface area contributed by atoms with Gasteiger partial charge in [-0.1, -0.05) is 18.2 Å². The van der Waals surface area contributed by atoms with Crippen LogP contribution >= 0.6 is 0 Å². The maximum atomic E-state index is 13.0. The van der Waals surface area contributed by atoms with Crippen LogP contribution in [0.3, 0.4) is 0 Å². The van der Waals surface area contributed by atoms with Crippen molar-refractivity contribution in [3.63, 3.8) is 0 Å². The number of fused-ring (bicyclic) bond motifs is 2. The number of Topliss-reactive ketones (excluding diaryl/α,β-unsaturated/α-hetero) is 1. The number of carbonyl (C=O) groups excluding carboxylic acids is 2. The van der Waals surface area contributed by atoms with Crippen LogP contribution in [-0.4, -0.2) is 76.9 Å². The standard InChI is InChI=1S/C25H26N4O4/c1-27(2)25(32)29-11-9-28(10-12-29)15-19-21(30)8-7-18-23(31)22(33-24(18)19)13-16-14-26-20-6-4-3-5-17(16)20/h3-8,13-14,26,30H,9-12,15H2,1-2H3. The van der Waals surface area contributed by atoms with Crippen molar-refractivity contribution in [3.05, 3.63) is 65.0 Å². The number of hydrogen-bond donors (Lipinski definition) is 2. The number of carbonyl (C=O) groups is 2. The van der Waals surface area contributed by atoms with Crippen LogP contribution in [0, 0.1) is 0 Å². The second kappa shape index (κ2) is 8.29. The number of para-hydroxylation sites is 1. The minimum Gasteiger partial charge on any atom is -0.507 e. The number of amides is 2. The summed E-state index contributed by atoms with van der Waals surface area (Å²) in [7, 11) is 3.49. The number of aromatic nitrogens is 1. The van der Waals surface area contributed by atoms with Crippen molar-refractivity contribution in [2.75, 3.05) is 40.3 Å². The first-order chi connectivity index (χ1) is 15.9. The van der Waals surface area contributed by atoms with Crippen molar-refractivity contribution in [1.29, 1.82) is 0 Å². The number of nitrogens with one attached hydrogen (secondary N) is 1. The first-order valence-corrected chi connectivity index (χ1v) is 11.0. The lowest BCUT2D eigenvalue weighted by atomic mass is 10.0. The van der Waals surface area contributed by atoms with Gasteiger partial charge in [-0.3, -0.25) is 9.69 Å². The third-order valence-corrected chi connectivity index (χ3v) is 6.23. The molecule has 0 atom stereocenters. The zero-order valence-corrected chi connectivity index (χ0v) is 18.7. The molecule has 2 N–H and O–H groups in total. The Morgan fingerprint density at radius 2 is 1.91 bits per heavy atom. The predicted molar refractivity (Wildman–Crippen MR) is 125 cm³/mol. The summed E-state index contributed by atoms with van der Waals surface area (Å²) < 4.78 is 6.03. The smallest absolute Gasteiger partial charge is 0.319 e. The fourth-order valence-corrected chi connectivity index (χ4v) is 4.41. The Morgan fingerprint density at radius 1 is 1.15 bits per heavy atom. The van der Waals surface area contributed by atoms with Gasteiger partial charge in [-0.25, -0.2) is 4.79 Å². The molecule has 0 saturated carbocycles. The molecule has 170 valence electrons. The molecule has 1 aromatic heterocycles. The number of nitrogens with zero attached hydrogens (tertiary/aromatic N) is 3. The van der Waals surface area contributed by atoms with Crippen LogP contribution in [0.2, 0.25) is 0 Å². The van der Waals surface area contributed by atoms with Crippen molar-refractivity contribution < 1.29 is 19.4 Å². The van der Waals surface area contributed by atoms with Crippen LogP contribution in [0.1, 0.15) is 21.5 Å². The molecule has 1 saturated heterocycles. The average Bonchev–Trinajstić information content (AvgIpc) is 3.37. The predicted octanol–water partition coefficient (Wildman–Crippen LogP) is 3.29. The SMILES string of the molecule is CN(C)C(=O)N1CCN(Cc2c(O)ccc3c2OC(=Cc2c[nH]c4ccccc24)C3=O)CC1. The normalized spacial score (nSPS) is 17.5. The number of benzene rings is 2. The zero-order chi connectivity index (χ0) is 23.1. The molecule has 0 aliphatic carbocycles. The van der Waals surface area contributed by atoms with Crippen molar-refractivity contribution in [2.45, 2.75) is 6.54 Å². The molecule has 0 bridgehead atoms. The highest BCUT2D eigenvalue weighted by Gasteiger charge is 2.32. The molecule has 2 aliphatic rings. The summed E-state index contributed by atoms with van der Waals surface area (Å²) in [6, 6.07) is 11.0. The molecular weight excluding hydrogens is 420 g/mol. The van der Waals surface area contributed by atoms with E-state index in [-0.39, 0.29) is 23.3 Å². The molecule has 5 rings (SSSR count). The van der Waals surface area contributed by atoms with Gasteiger partial charge in [-0.15, -0.1) is 0 Å². The minimum absolute atomic E-state index is 0.000843. The molecule has 3 heterocycles. The number of ether oxygens (including phenoxy) is 1. The monoisotopic (exact) mass is 446 g/mol. The molecule has 3 aromatic rings. The third-order valence-electron chi connectivity index (χ3n) is 6.23. The summed E-state index contributed by atoms with van der Waals surface area (Å²) in [6.45, 7) is 3.01. The molecule has 33 heavy (non-hydrogen) atoms. The van der Waals surface area contributed by atoms with Crippen LogP contribution in [0.5, 0.6) is 11.5 Å². The van der Waals surface area contributed by atoms with Gasteiger partial charge in [0.2, 0.25) is 5.78 Å². The van der Waals surface area contributed by atoms with Gasteiger partial charge in [0.15, 0.2) is 5.76 Å². The molecule has 0 radical (unpaired) electrons. The number of aromatic amines is 1. The Kier molecular flexibility index (Phi) is 5.30. The van der Waals surface area contributed by atoms with Gasteiger partial charge >= 0.3 is 6.03 Å². The van der Waals surface area contributed by atoms with Gasteiger partial charge in [0, 0.05) is 69.5 Å². The molecule has 8 nitrogen and oxygen atoms in total. The lowest BCUT2D eigenvalue weighted by molar-refractivity contribution is 0.101. The third kappa shape index (κ3) is 3.82. The largest absolute Gasteiger partial charge is 0.507 e. The van der Waals surface area contributed by atoms with Gasteiger partial charge in [0.1, 0.15) is 11.5 Å². The van der Waals surface area contributed by atoms with Crippen molar-refractivity contribution in [3.8, 4) is 11.5 Å². The van der Waals surface area contributed by atoms with Gasteiger partial charge in [-0.2, -0.15) is 0 Å². The van der Waals surface area contributed by atoms with Crippen LogP contribution < -0.4 is 4.74 Å². The number of urea groups is 1. The van der Waals surface area contributed by atoms with Crippen LogP contribution in [-0.2, 0) is 6.54 Å². The highest BCUT2D eigenvalue weighted by Crippen LogP contribution is 2.40. The van der Waals surface area contributed by atoms with Crippen molar-refractivity contribution >= 4 is 28.8 Å². The minimum atomic E-state index is -0.196. The lowest BCUT2D eigenvalue weighted by Gasteiger charge is -2.36. The zero-order valence-electron chi connectivity index (χ0n) is 18.7. The highest BCUT2D eigenvalue weighted by atomic mass is 16.5. The number of hydrogen-bond acceptors (Lipinski definition) is 5. The van der Waals surface area contributed by atoms with Gasteiger partial charge in [-0.05, 0) is 24.3 Å². The molecule has 2 aromatic carbocycles. The Labute approximate surface area is 191 Å². The molecule has 0 unspecified atom stereocenters. The van der Waals surface area contributed by atoms with Crippen LogP contribution in [0.15, 0.2) is 48.4 Å². The molecule has 1 fully saturated rings. The summed E-state index contributed by atoms with van der Waals surface area (Å²) in [6.07, 6.45) is 3.60. The van der Waals surface area contributed by atoms with E-state index in [9.17, 15) is 14.7 Å². The molecule has 2 amide bonds. The van der Waals surface area contributed by atoms with Crippen molar-refractivity contribution in [2.24, 2.45) is 0 Å². The van der Waals surface area contributed by atoms with Crippen LogP contribution in [0.4, 0.5) is 4.79 Å². The second-order valence-electron chi connectivity index (χ2n) is 8.61. The number of aromatic hydroxyl groups is 1. The maximum Gasteiger partial charge on any atom is 0.319 e. The van der Waals surface area contributed by atoms with Crippen LogP contribution in [0.25, 0.3) is 17.0 Å². The van der Waals surface area contributed by atoms with E-state index in [0.29, 0.717) is 49.6 Å². The summed E-state index contributed by atoms with van der Waals surface area (Å²) >= 11 is 0. The molecule has 8 heteroatoms. The first kappa shape index (κ1) is 21.1. The van der Waals surface area contributed by atoms with E-state index in [1.165, 1.54) is 0 Å². The number of rotatable bonds is 3. The highest BCUT2D eigenvalue weighted by molar-refractivity contribution is 6.15.